The quantitative estimate of drug-likeness (QED) is 0.751. The summed E-state index contributed by atoms with van der Waals surface area (Å²) in [6.45, 7) is 2.86. The van der Waals surface area contributed by atoms with Crippen LogP contribution in [-0.2, 0) is 4.74 Å². The van der Waals surface area contributed by atoms with Crippen molar-refractivity contribution in [2.24, 2.45) is 0 Å². The van der Waals surface area contributed by atoms with Crippen molar-refractivity contribution in [1.82, 2.24) is 19.7 Å². The number of hydrogen-bond acceptors (Lipinski definition) is 4. The molecule has 0 bridgehead atoms. The molecular weight excluding hydrogens is 316 g/mol. The van der Waals surface area contributed by atoms with Gasteiger partial charge in [-0.1, -0.05) is 12.8 Å². The van der Waals surface area contributed by atoms with Crippen LogP contribution in [0, 0.1) is 6.92 Å². The lowest BCUT2D eigenvalue weighted by atomic mass is 10.1. The first-order valence-corrected chi connectivity index (χ1v) is 9.46. The van der Waals surface area contributed by atoms with Gasteiger partial charge in [-0.2, -0.15) is 5.10 Å². The predicted molar refractivity (Wildman–Crippen MR) is 94.4 cm³/mol. The van der Waals surface area contributed by atoms with Gasteiger partial charge in [0.2, 0.25) is 0 Å². The first kappa shape index (κ1) is 15.2. The molecule has 1 aliphatic heterocycles. The molecule has 0 aromatic carbocycles. The topological polar surface area (TPSA) is 68.9 Å². The number of imidazole rings is 1. The van der Waals surface area contributed by atoms with Gasteiger partial charge in [-0.25, -0.2) is 9.67 Å². The van der Waals surface area contributed by atoms with Crippen molar-refractivity contribution in [3.05, 3.63) is 23.6 Å². The van der Waals surface area contributed by atoms with E-state index in [-0.39, 0.29) is 6.10 Å². The molecule has 1 N–H and O–H groups in total. The van der Waals surface area contributed by atoms with E-state index in [4.69, 9.17) is 19.2 Å². The maximum atomic E-state index is 6.06. The Morgan fingerprint density at radius 3 is 2.76 bits per heavy atom. The first-order chi connectivity index (χ1) is 12.3. The number of rotatable bonds is 3. The van der Waals surface area contributed by atoms with Crippen LogP contribution < -0.4 is 0 Å². The van der Waals surface area contributed by atoms with Gasteiger partial charge in [0.05, 0.1) is 11.7 Å². The number of furan rings is 1. The normalized spacial score (nSPS) is 22.2. The van der Waals surface area contributed by atoms with E-state index in [1.807, 2.05) is 19.1 Å². The number of hydrogen-bond donors (Lipinski definition) is 1. The van der Waals surface area contributed by atoms with Crippen LogP contribution in [0.15, 0.2) is 16.5 Å². The van der Waals surface area contributed by atoms with E-state index in [1.54, 1.807) is 0 Å². The second-order valence-corrected chi connectivity index (χ2v) is 7.31. The van der Waals surface area contributed by atoms with Gasteiger partial charge in [0.15, 0.2) is 17.2 Å². The lowest BCUT2D eigenvalue weighted by molar-refractivity contribution is 0.00219. The molecule has 25 heavy (non-hydrogen) atoms. The summed E-state index contributed by atoms with van der Waals surface area (Å²) in [5, 5.41) is 4.72. The van der Waals surface area contributed by atoms with E-state index in [0.717, 1.165) is 53.7 Å². The molecular formula is C19H24N4O2. The molecule has 1 unspecified atom stereocenters. The van der Waals surface area contributed by atoms with Gasteiger partial charge in [0.1, 0.15) is 17.4 Å². The van der Waals surface area contributed by atoms with Crippen LogP contribution in [0.4, 0.5) is 0 Å². The number of H-pyrrole nitrogens is 1. The van der Waals surface area contributed by atoms with Gasteiger partial charge in [0, 0.05) is 6.61 Å². The van der Waals surface area contributed by atoms with Crippen LogP contribution in [0.5, 0.6) is 0 Å². The minimum atomic E-state index is 0.0857. The third-order valence-electron chi connectivity index (χ3n) is 5.55. The largest absolute Gasteiger partial charge is 0.455 e. The van der Waals surface area contributed by atoms with Crippen molar-refractivity contribution in [2.75, 3.05) is 6.61 Å². The highest BCUT2D eigenvalue weighted by Gasteiger charge is 2.25. The van der Waals surface area contributed by atoms with Gasteiger partial charge >= 0.3 is 0 Å². The van der Waals surface area contributed by atoms with Crippen LogP contribution >= 0.6 is 0 Å². The van der Waals surface area contributed by atoms with Crippen LogP contribution in [0.3, 0.4) is 0 Å². The minimum absolute atomic E-state index is 0.0857. The molecule has 5 rings (SSSR count). The highest BCUT2D eigenvalue weighted by atomic mass is 16.5. The Hall–Kier alpha value is -2.08. The van der Waals surface area contributed by atoms with E-state index in [2.05, 4.69) is 9.67 Å². The Balaban J connectivity index is 1.49. The molecule has 0 radical (unpaired) electrons. The predicted octanol–water partition coefficient (Wildman–Crippen LogP) is 4.68. The maximum absolute atomic E-state index is 6.06. The molecule has 2 aliphatic rings. The van der Waals surface area contributed by atoms with E-state index in [9.17, 15) is 0 Å². The number of fused-ring (bicyclic) bond motifs is 1. The van der Waals surface area contributed by atoms with E-state index in [1.165, 1.54) is 32.1 Å². The number of aromatic amines is 1. The molecule has 1 atom stereocenters. The van der Waals surface area contributed by atoms with Crippen LogP contribution in [0.1, 0.15) is 68.5 Å². The smallest absolute Gasteiger partial charge is 0.177 e. The molecule has 3 aromatic heterocycles. The number of aromatic nitrogens is 4. The average molecular weight is 340 g/mol. The molecule has 1 saturated carbocycles. The Labute approximate surface area is 146 Å². The number of nitrogens with zero attached hydrogens (tertiary/aromatic N) is 3. The second kappa shape index (κ2) is 6.02. The van der Waals surface area contributed by atoms with Crippen LogP contribution in [0.25, 0.3) is 22.7 Å². The molecule has 1 saturated heterocycles. The maximum Gasteiger partial charge on any atom is 0.177 e. The lowest BCUT2D eigenvalue weighted by Gasteiger charge is -2.20. The van der Waals surface area contributed by atoms with Crippen molar-refractivity contribution in [3.63, 3.8) is 0 Å². The molecule has 0 spiro atoms. The highest BCUT2D eigenvalue weighted by molar-refractivity contribution is 5.78. The number of aryl methyl sites for hydroxylation is 1. The molecule has 1 aliphatic carbocycles. The van der Waals surface area contributed by atoms with Gasteiger partial charge in [0.25, 0.3) is 0 Å². The van der Waals surface area contributed by atoms with Gasteiger partial charge < -0.3 is 14.1 Å². The minimum Gasteiger partial charge on any atom is -0.455 e. The Morgan fingerprint density at radius 1 is 1.12 bits per heavy atom. The molecule has 6 heteroatoms. The standard InChI is InChI=1S/C19H24N4O2/c1-12-17-19(23(22-12)13-6-2-3-7-13)21-18(20-17)16-10-9-15(25-16)14-8-4-5-11-24-14/h9-10,13-14H,2-8,11H2,1H3,(H,20,21). The summed E-state index contributed by atoms with van der Waals surface area (Å²) in [6.07, 6.45) is 8.42. The van der Waals surface area contributed by atoms with Gasteiger partial charge in [-0.15, -0.1) is 0 Å². The third-order valence-corrected chi connectivity index (χ3v) is 5.55. The van der Waals surface area contributed by atoms with Crippen LogP contribution in [-0.4, -0.2) is 26.4 Å². The molecule has 132 valence electrons. The van der Waals surface area contributed by atoms with Crippen molar-refractivity contribution >= 4 is 11.2 Å². The fraction of sp³-hybridized carbons (Fsp3) is 0.579. The van der Waals surface area contributed by atoms with Gasteiger partial charge in [-0.05, 0) is 51.2 Å². The van der Waals surface area contributed by atoms with Crippen molar-refractivity contribution < 1.29 is 9.15 Å². The summed E-state index contributed by atoms with van der Waals surface area (Å²) in [5.74, 6) is 2.46. The van der Waals surface area contributed by atoms with Gasteiger partial charge in [-0.3, -0.25) is 0 Å². The Morgan fingerprint density at radius 2 is 1.96 bits per heavy atom. The molecule has 4 heterocycles. The average Bonchev–Trinajstić information content (AvgIpc) is 3.41. The van der Waals surface area contributed by atoms with Crippen molar-refractivity contribution in [3.8, 4) is 11.6 Å². The fourth-order valence-electron chi connectivity index (χ4n) is 4.18. The Bertz CT molecular complexity index is 879. The van der Waals surface area contributed by atoms with E-state index in [0.29, 0.717) is 6.04 Å². The molecule has 3 aromatic rings. The van der Waals surface area contributed by atoms with Crippen molar-refractivity contribution in [1.29, 1.82) is 0 Å². The SMILES string of the molecule is Cc1nn(C2CCCC2)c2nc(-c3ccc(C4CCCCO4)o3)[nH]c12. The van der Waals surface area contributed by atoms with Crippen LogP contribution in [0.2, 0.25) is 0 Å². The zero-order valence-corrected chi connectivity index (χ0v) is 14.6. The molecule has 6 nitrogen and oxygen atoms in total. The second-order valence-electron chi connectivity index (χ2n) is 7.31. The summed E-state index contributed by atoms with van der Waals surface area (Å²) in [6, 6.07) is 4.50. The summed E-state index contributed by atoms with van der Waals surface area (Å²) in [7, 11) is 0. The third kappa shape index (κ3) is 2.59. The summed E-state index contributed by atoms with van der Waals surface area (Å²) in [4.78, 5) is 8.23. The van der Waals surface area contributed by atoms with E-state index >= 15 is 0 Å². The first-order valence-electron chi connectivity index (χ1n) is 9.46. The number of nitrogens with one attached hydrogen (secondary N) is 1. The zero-order chi connectivity index (χ0) is 16.8. The highest BCUT2D eigenvalue weighted by Crippen LogP contribution is 2.34. The zero-order valence-electron chi connectivity index (χ0n) is 14.6. The fourth-order valence-corrected chi connectivity index (χ4v) is 4.18. The summed E-state index contributed by atoms with van der Waals surface area (Å²) < 4.78 is 14.0. The molecule has 0 amide bonds. The number of ether oxygens (including phenoxy) is 1. The molecule has 2 fully saturated rings. The monoisotopic (exact) mass is 340 g/mol. The van der Waals surface area contributed by atoms with E-state index < -0.39 is 0 Å². The van der Waals surface area contributed by atoms with Crippen molar-refractivity contribution in [2.45, 2.75) is 64.0 Å². The Kier molecular flexibility index (Phi) is 3.66. The summed E-state index contributed by atoms with van der Waals surface area (Å²) >= 11 is 0. The summed E-state index contributed by atoms with van der Waals surface area (Å²) in [5.41, 5.74) is 2.98. The lowest BCUT2D eigenvalue weighted by Crippen LogP contribution is -2.10.